The quantitative estimate of drug-likeness (QED) is 0.785. The molecule has 0 saturated carbocycles. The monoisotopic (exact) mass is 291 g/mol. The Morgan fingerprint density at radius 1 is 1.43 bits per heavy atom. The molecular weight excluding hydrogens is 272 g/mol. The second-order valence-corrected chi connectivity index (χ2v) is 4.81. The maximum atomic E-state index is 12.0. The smallest absolute Gasteiger partial charge is 0.279 e. The van der Waals surface area contributed by atoms with Crippen molar-refractivity contribution >= 4 is 11.6 Å². The molecule has 0 radical (unpaired) electrons. The molecule has 1 aromatic carbocycles. The number of quaternary nitrogens is 1. The zero-order valence-electron chi connectivity index (χ0n) is 12.3. The van der Waals surface area contributed by atoms with Gasteiger partial charge in [0, 0.05) is 18.7 Å². The number of hydrogen-bond acceptors (Lipinski definition) is 5. The number of nitrogens with zero attached hydrogens (tertiary/aromatic N) is 2. The lowest BCUT2D eigenvalue weighted by molar-refractivity contribution is -0.886. The molecule has 2 N–H and O–H groups in total. The first-order valence-electron chi connectivity index (χ1n) is 6.61. The third-order valence-corrected chi connectivity index (χ3v) is 2.84. The van der Waals surface area contributed by atoms with E-state index in [0.717, 1.165) is 4.90 Å². The molecule has 1 unspecified atom stereocenters. The first-order valence-corrected chi connectivity index (χ1v) is 6.61. The highest BCUT2D eigenvalue weighted by Gasteiger charge is 2.14. The van der Waals surface area contributed by atoms with Crippen molar-refractivity contribution in [1.29, 1.82) is 0 Å². The third-order valence-electron chi connectivity index (χ3n) is 2.84. The molecule has 21 heavy (non-hydrogen) atoms. The normalized spacial score (nSPS) is 12.0. The largest absolute Gasteiger partial charge is 0.497 e. The predicted molar refractivity (Wildman–Crippen MR) is 76.1 cm³/mol. The minimum atomic E-state index is -0.0861. The SMILES string of the molecule is COc1cccc(NC(=O)C[NH+](C)Cc2nnc(C)o2)c1. The van der Waals surface area contributed by atoms with Gasteiger partial charge in [0.05, 0.1) is 14.2 Å². The molecule has 0 aliphatic heterocycles. The Kier molecular flexibility index (Phi) is 4.89. The highest BCUT2D eigenvalue weighted by atomic mass is 16.5. The van der Waals surface area contributed by atoms with E-state index in [-0.39, 0.29) is 5.91 Å². The van der Waals surface area contributed by atoms with Crippen molar-refractivity contribution in [2.45, 2.75) is 13.5 Å². The summed E-state index contributed by atoms with van der Waals surface area (Å²) in [5.74, 6) is 1.67. The number of anilines is 1. The number of hydrogen-bond donors (Lipinski definition) is 2. The van der Waals surface area contributed by atoms with Crippen molar-refractivity contribution in [3.63, 3.8) is 0 Å². The third kappa shape index (κ3) is 4.57. The Morgan fingerprint density at radius 3 is 2.90 bits per heavy atom. The maximum absolute atomic E-state index is 12.0. The average molecular weight is 291 g/mol. The van der Waals surface area contributed by atoms with Crippen LogP contribution in [0.1, 0.15) is 11.8 Å². The standard InChI is InChI=1S/C14H18N4O3/c1-10-16-17-14(21-10)9-18(2)8-13(19)15-11-5-4-6-12(7-11)20-3/h4-7H,8-9H2,1-3H3,(H,15,19)/p+1. The summed E-state index contributed by atoms with van der Waals surface area (Å²) in [6.07, 6.45) is 0. The van der Waals surface area contributed by atoms with Crippen LogP contribution in [0.2, 0.25) is 0 Å². The fourth-order valence-electron chi connectivity index (χ4n) is 1.91. The molecule has 0 aliphatic carbocycles. The van der Waals surface area contributed by atoms with Crippen molar-refractivity contribution < 1.29 is 18.8 Å². The Bertz CT molecular complexity index is 612. The number of likely N-dealkylation sites (N-methyl/N-ethyl adjacent to an activating group) is 1. The number of nitrogens with one attached hydrogen (secondary N) is 2. The number of ether oxygens (including phenoxy) is 1. The molecule has 1 amide bonds. The van der Waals surface area contributed by atoms with E-state index in [1.165, 1.54) is 0 Å². The van der Waals surface area contributed by atoms with E-state index in [2.05, 4.69) is 15.5 Å². The summed E-state index contributed by atoms with van der Waals surface area (Å²) >= 11 is 0. The Morgan fingerprint density at radius 2 is 2.24 bits per heavy atom. The molecule has 0 bridgehead atoms. The second kappa shape index (κ2) is 6.85. The lowest BCUT2D eigenvalue weighted by Crippen LogP contribution is -3.08. The molecule has 0 aliphatic rings. The first-order chi connectivity index (χ1) is 10.1. The predicted octanol–water partition coefficient (Wildman–Crippen LogP) is 0.0400. The van der Waals surface area contributed by atoms with Gasteiger partial charge in [0.15, 0.2) is 13.1 Å². The summed E-state index contributed by atoms with van der Waals surface area (Å²) in [5, 5.41) is 10.5. The Hall–Kier alpha value is -2.41. The molecule has 1 aromatic heterocycles. The second-order valence-electron chi connectivity index (χ2n) is 4.81. The Labute approximate surface area is 122 Å². The minimum absolute atomic E-state index is 0.0861. The number of aromatic nitrogens is 2. The summed E-state index contributed by atoms with van der Waals surface area (Å²) in [5.41, 5.74) is 0.709. The fourth-order valence-corrected chi connectivity index (χ4v) is 1.91. The molecule has 1 atom stereocenters. The van der Waals surface area contributed by atoms with E-state index < -0.39 is 0 Å². The lowest BCUT2D eigenvalue weighted by Gasteiger charge is -2.12. The molecule has 0 saturated heterocycles. The van der Waals surface area contributed by atoms with Crippen LogP contribution in [0.25, 0.3) is 0 Å². The number of benzene rings is 1. The molecule has 0 spiro atoms. The number of amides is 1. The number of methoxy groups -OCH3 is 1. The average Bonchev–Trinajstić information content (AvgIpc) is 2.83. The van der Waals surface area contributed by atoms with Crippen molar-refractivity contribution in [2.75, 3.05) is 26.0 Å². The number of carbonyl (C=O) groups excluding carboxylic acids is 1. The van der Waals surface area contributed by atoms with Crippen LogP contribution in [0.15, 0.2) is 28.7 Å². The zero-order valence-corrected chi connectivity index (χ0v) is 12.3. The summed E-state index contributed by atoms with van der Waals surface area (Å²) in [7, 11) is 3.48. The van der Waals surface area contributed by atoms with Crippen molar-refractivity contribution in [2.24, 2.45) is 0 Å². The van der Waals surface area contributed by atoms with Gasteiger partial charge in [-0.1, -0.05) is 6.07 Å². The van der Waals surface area contributed by atoms with Crippen LogP contribution in [-0.4, -0.2) is 36.8 Å². The van der Waals surface area contributed by atoms with E-state index in [0.29, 0.717) is 36.3 Å². The van der Waals surface area contributed by atoms with Gasteiger partial charge in [-0.3, -0.25) is 4.79 Å². The van der Waals surface area contributed by atoms with Crippen LogP contribution in [0, 0.1) is 6.92 Å². The van der Waals surface area contributed by atoms with Crippen LogP contribution in [0.5, 0.6) is 5.75 Å². The molecular formula is C14H19N4O3+. The van der Waals surface area contributed by atoms with E-state index in [1.807, 2.05) is 25.2 Å². The van der Waals surface area contributed by atoms with Gasteiger partial charge < -0.3 is 19.4 Å². The maximum Gasteiger partial charge on any atom is 0.279 e. The van der Waals surface area contributed by atoms with Crippen LogP contribution in [0.4, 0.5) is 5.69 Å². The van der Waals surface area contributed by atoms with Gasteiger partial charge in [-0.25, -0.2) is 0 Å². The molecule has 0 fully saturated rings. The lowest BCUT2D eigenvalue weighted by atomic mass is 10.3. The van der Waals surface area contributed by atoms with Crippen molar-refractivity contribution in [1.82, 2.24) is 10.2 Å². The van der Waals surface area contributed by atoms with Gasteiger partial charge in [0.25, 0.3) is 11.8 Å². The van der Waals surface area contributed by atoms with E-state index in [1.54, 1.807) is 20.1 Å². The molecule has 112 valence electrons. The van der Waals surface area contributed by atoms with Crippen LogP contribution >= 0.6 is 0 Å². The van der Waals surface area contributed by atoms with E-state index in [4.69, 9.17) is 9.15 Å². The summed E-state index contributed by atoms with van der Waals surface area (Å²) in [6, 6.07) is 7.24. The van der Waals surface area contributed by atoms with Gasteiger partial charge in [-0.05, 0) is 12.1 Å². The van der Waals surface area contributed by atoms with Crippen LogP contribution in [-0.2, 0) is 11.3 Å². The number of carbonyl (C=O) groups is 1. The number of rotatable bonds is 6. The molecule has 2 aromatic rings. The van der Waals surface area contributed by atoms with Gasteiger partial charge >= 0.3 is 0 Å². The number of aryl methyl sites for hydroxylation is 1. The van der Waals surface area contributed by atoms with Crippen LogP contribution < -0.4 is 15.0 Å². The zero-order chi connectivity index (χ0) is 15.2. The fraction of sp³-hybridized carbons (Fsp3) is 0.357. The van der Waals surface area contributed by atoms with Crippen LogP contribution in [0.3, 0.4) is 0 Å². The first kappa shape index (κ1) is 15.0. The van der Waals surface area contributed by atoms with Crippen molar-refractivity contribution in [3.8, 4) is 5.75 Å². The minimum Gasteiger partial charge on any atom is -0.497 e. The van der Waals surface area contributed by atoms with E-state index in [9.17, 15) is 4.79 Å². The van der Waals surface area contributed by atoms with E-state index >= 15 is 0 Å². The summed E-state index contributed by atoms with van der Waals surface area (Å²) < 4.78 is 10.4. The van der Waals surface area contributed by atoms with Gasteiger partial charge in [0.1, 0.15) is 5.75 Å². The van der Waals surface area contributed by atoms with Gasteiger partial charge in [0.2, 0.25) is 5.89 Å². The molecule has 2 rings (SSSR count). The molecule has 1 heterocycles. The van der Waals surface area contributed by atoms with Gasteiger partial charge in [-0.2, -0.15) is 0 Å². The highest BCUT2D eigenvalue weighted by Crippen LogP contribution is 2.16. The summed E-state index contributed by atoms with van der Waals surface area (Å²) in [4.78, 5) is 12.9. The van der Waals surface area contributed by atoms with Crippen molar-refractivity contribution in [3.05, 3.63) is 36.0 Å². The molecule has 7 heteroatoms. The highest BCUT2D eigenvalue weighted by molar-refractivity contribution is 5.91. The molecule has 7 nitrogen and oxygen atoms in total. The van der Waals surface area contributed by atoms with Gasteiger partial charge in [-0.15, -0.1) is 10.2 Å². The summed E-state index contributed by atoms with van der Waals surface area (Å²) in [6.45, 7) is 2.55. The Balaban J connectivity index is 1.85. The topological polar surface area (TPSA) is 81.7 Å².